The molecule has 0 aliphatic carbocycles. The molecule has 0 saturated carbocycles. The van der Waals surface area contributed by atoms with Gasteiger partial charge in [0.05, 0.1) is 12.6 Å². The first kappa shape index (κ1) is 14.4. The molecule has 1 N–H and O–H groups in total. The van der Waals surface area contributed by atoms with Gasteiger partial charge < -0.3 is 10.1 Å². The molecule has 1 aromatic carbocycles. The van der Waals surface area contributed by atoms with Gasteiger partial charge in [-0.05, 0) is 18.2 Å². The molecule has 0 radical (unpaired) electrons. The van der Waals surface area contributed by atoms with E-state index in [0.29, 0.717) is 11.1 Å². The van der Waals surface area contributed by atoms with Gasteiger partial charge in [0.2, 0.25) is 0 Å². The van der Waals surface area contributed by atoms with Crippen LogP contribution in [-0.2, 0) is 4.74 Å². The molecule has 1 aromatic rings. The lowest BCUT2D eigenvalue weighted by Crippen LogP contribution is -2.39. The summed E-state index contributed by atoms with van der Waals surface area (Å²) in [6, 6.07) is 3.69. The lowest BCUT2D eigenvalue weighted by Gasteiger charge is -2.15. The molecule has 6 heteroatoms. The van der Waals surface area contributed by atoms with Gasteiger partial charge >= 0.3 is 0 Å². The number of alkyl halides is 1. The van der Waals surface area contributed by atoms with Gasteiger partial charge in [-0.15, -0.1) is 11.6 Å². The van der Waals surface area contributed by atoms with Crippen LogP contribution in [0.2, 0.25) is 0 Å². The highest BCUT2D eigenvalue weighted by Crippen LogP contribution is 2.15. The van der Waals surface area contributed by atoms with Crippen LogP contribution in [0.15, 0.2) is 22.7 Å². The summed E-state index contributed by atoms with van der Waals surface area (Å²) in [5, 5.41) is 2.65. The first-order valence-corrected chi connectivity index (χ1v) is 6.21. The second-order valence-corrected chi connectivity index (χ2v) is 4.66. The Kier molecular flexibility index (Phi) is 5.88. The number of amides is 1. The van der Waals surface area contributed by atoms with Gasteiger partial charge in [0.25, 0.3) is 5.91 Å². The van der Waals surface area contributed by atoms with Crippen molar-refractivity contribution >= 4 is 33.4 Å². The van der Waals surface area contributed by atoms with Crippen molar-refractivity contribution in [3.05, 3.63) is 34.1 Å². The van der Waals surface area contributed by atoms with Gasteiger partial charge in [-0.1, -0.05) is 15.9 Å². The first-order chi connectivity index (χ1) is 8.06. The molecule has 0 bridgehead atoms. The Hall–Kier alpha value is -0.650. The van der Waals surface area contributed by atoms with Crippen LogP contribution >= 0.6 is 27.5 Å². The number of benzene rings is 1. The van der Waals surface area contributed by atoms with Crippen LogP contribution in [0.4, 0.5) is 4.39 Å². The second kappa shape index (κ2) is 6.93. The van der Waals surface area contributed by atoms with Gasteiger partial charge in [0.15, 0.2) is 0 Å². The lowest BCUT2D eigenvalue weighted by atomic mass is 10.2. The van der Waals surface area contributed by atoms with Crippen molar-refractivity contribution in [2.45, 2.75) is 6.04 Å². The Balaban J connectivity index is 2.75. The van der Waals surface area contributed by atoms with E-state index in [0.717, 1.165) is 6.07 Å². The Morgan fingerprint density at radius 3 is 2.82 bits per heavy atom. The fourth-order valence-corrected chi connectivity index (χ4v) is 1.91. The second-order valence-electron chi connectivity index (χ2n) is 3.44. The third-order valence-electron chi connectivity index (χ3n) is 2.01. The van der Waals surface area contributed by atoms with Crippen LogP contribution in [0.5, 0.6) is 0 Å². The molecule has 1 amide bonds. The van der Waals surface area contributed by atoms with Crippen molar-refractivity contribution in [2.75, 3.05) is 19.6 Å². The lowest BCUT2D eigenvalue weighted by molar-refractivity contribution is 0.0906. The number of rotatable bonds is 5. The van der Waals surface area contributed by atoms with E-state index in [9.17, 15) is 9.18 Å². The van der Waals surface area contributed by atoms with E-state index >= 15 is 0 Å². The number of nitrogens with one attached hydrogen (secondary N) is 1. The molecule has 17 heavy (non-hydrogen) atoms. The zero-order chi connectivity index (χ0) is 12.8. The SMILES string of the molecule is COCC(CCl)NC(=O)c1cc(F)cc(Br)c1. The maximum atomic E-state index is 13.1. The molecular weight excluding hydrogens is 312 g/mol. The third kappa shape index (κ3) is 4.61. The van der Waals surface area contributed by atoms with Crippen LogP contribution in [0.3, 0.4) is 0 Å². The van der Waals surface area contributed by atoms with Crippen molar-refractivity contribution in [1.29, 1.82) is 0 Å². The summed E-state index contributed by atoms with van der Waals surface area (Å²) in [4.78, 5) is 11.8. The van der Waals surface area contributed by atoms with Crippen LogP contribution < -0.4 is 5.32 Å². The van der Waals surface area contributed by atoms with Gasteiger partial charge in [-0.25, -0.2) is 4.39 Å². The summed E-state index contributed by atoms with van der Waals surface area (Å²) in [5.41, 5.74) is 0.239. The van der Waals surface area contributed by atoms with E-state index in [4.69, 9.17) is 16.3 Å². The third-order valence-corrected chi connectivity index (χ3v) is 2.84. The van der Waals surface area contributed by atoms with Crippen molar-refractivity contribution in [1.82, 2.24) is 5.32 Å². The van der Waals surface area contributed by atoms with E-state index in [1.165, 1.54) is 19.2 Å². The van der Waals surface area contributed by atoms with E-state index < -0.39 is 5.82 Å². The zero-order valence-corrected chi connectivity index (χ0v) is 11.5. The van der Waals surface area contributed by atoms with Crippen molar-refractivity contribution < 1.29 is 13.9 Å². The average molecular weight is 325 g/mol. The van der Waals surface area contributed by atoms with E-state index in [2.05, 4.69) is 21.2 Å². The van der Waals surface area contributed by atoms with E-state index in [1.54, 1.807) is 0 Å². The minimum absolute atomic E-state index is 0.232. The first-order valence-electron chi connectivity index (χ1n) is 4.88. The molecule has 0 aliphatic rings. The number of carbonyl (C=O) groups is 1. The maximum Gasteiger partial charge on any atom is 0.251 e. The highest BCUT2D eigenvalue weighted by molar-refractivity contribution is 9.10. The topological polar surface area (TPSA) is 38.3 Å². The van der Waals surface area contributed by atoms with Gasteiger partial charge in [-0.3, -0.25) is 4.79 Å². The van der Waals surface area contributed by atoms with E-state index in [-0.39, 0.29) is 23.4 Å². The minimum atomic E-state index is -0.473. The predicted octanol–water partition coefficient (Wildman–Crippen LogP) is 2.57. The molecule has 0 saturated heterocycles. The van der Waals surface area contributed by atoms with Crippen molar-refractivity contribution in [3.8, 4) is 0 Å². The Labute approximate surface area is 112 Å². The summed E-state index contributed by atoms with van der Waals surface area (Å²) in [6.07, 6.45) is 0. The quantitative estimate of drug-likeness (QED) is 0.846. The van der Waals surface area contributed by atoms with Gasteiger partial charge in [0, 0.05) is 23.0 Å². The summed E-state index contributed by atoms with van der Waals surface area (Å²) in [5.74, 6) is -0.623. The van der Waals surface area contributed by atoms with Crippen molar-refractivity contribution in [2.24, 2.45) is 0 Å². The van der Waals surface area contributed by atoms with E-state index in [1.807, 2.05) is 0 Å². The molecule has 1 atom stereocenters. The number of halogens is 3. The van der Waals surface area contributed by atoms with Crippen LogP contribution in [-0.4, -0.2) is 31.5 Å². The van der Waals surface area contributed by atoms with Crippen LogP contribution in [0.25, 0.3) is 0 Å². The molecular formula is C11H12BrClFNO2. The number of hydrogen-bond acceptors (Lipinski definition) is 2. The molecule has 0 heterocycles. The monoisotopic (exact) mass is 323 g/mol. The summed E-state index contributed by atoms with van der Waals surface area (Å²) >= 11 is 8.79. The molecule has 1 rings (SSSR count). The largest absolute Gasteiger partial charge is 0.383 e. The molecule has 0 aromatic heterocycles. The Bertz CT molecular complexity index is 383. The number of methoxy groups -OCH3 is 1. The Morgan fingerprint density at radius 1 is 1.59 bits per heavy atom. The normalized spacial score (nSPS) is 12.2. The highest BCUT2D eigenvalue weighted by Gasteiger charge is 2.13. The van der Waals surface area contributed by atoms with Gasteiger partial charge in [0.1, 0.15) is 5.82 Å². The summed E-state index contributed by atoms with van der Waals surface area (Å²) in [7, 11) is 1.52. The Morgan fingerprint density at radius 2 is 2.29 bits per heavy atom. The fraction of sp³-hybridized carbons (Fsp3) is 0.364. The van der Waals surface area contributed by atoms with Crippen LogP contribution in [0, 0.1) is 5.82 Å². The molecule has 0 fully saturated rings. The maximum absolute atomic E-state index is 13.1. The standard InChI is InChI=1S/C11H12BrClFNO2/c1-17-6-10(5-13)15-11(16)7-2-8(12)4-9(14)3-7/h2-4,10H,5-6H2,1H3,(H,15,16). The number of carbonyl (C=O) groups excluding carboxylic acids is 1. The van der Waals surface area contributed by atoms with Gasteiger partial charge in [-0.2, -0.15) is 0 Å². The van der Waals surface area contributed by atoms with Crippen molar-refractivity contribution in [3.63, 3.8) is 0 Å². The molecule has 0 aliphatic heterocycles. The highest BCUT2D eigenvalue weighted by atomic mass is 79.9. The zero-order valence-electron chi connectivity index (χ0n) is 9.17. The molecule has 1 unspecified atom stereocenters. The number of ether oxygens (including phenoxy) is 1. The predicted molar refractivity (Wildman–Crippen MR) is 68.0 cm³/mol. The summed E-state index contributed by atoms with van der Waals surface area (Å²) in [6.45, 7) is 0.311. The number of hydrogen-bond donors (Lipinski definition) is 1. The van der Waals surface area contributed by atoms with Crippen LogP contribution in [0.1, 0.15) is 10.4 Å². The molecule has 94 valence electrons. The minimum Gasteiger partial charge on any atom is -0.383 e. The molecule has 3 nitrogen and oxygen atoms in total. The average Bonchev–Trinajstić information content (AvgIpc) is 2.27. The fourth-order valence-electron chi connectivity index (χ4n) is 1.28. The smallest absolute Gasteiger partial charge is 0.251 e. The summed E-state index contributed by atoms with van der Waals surface area (Å²) < 4.78 is 18.5. The molecule has 0 spiro atoms.